The Morgan fingerprint density at radius 3 is 2.32 bits per heavy atom. The molecular formula is C20H27N3O2. The van der Waals surface area contributed by atoms with E-state index in [1.807, 2.05) is 48.5 Å². The smallest absolute Gasteiger partial charge is 0.257 e. The molecule has 0 aliphatic rings. The van der Waals surface area contributed by atoms with Gasteiger partial charge in [0.15, 0.2) is 0 Å². The highest BCUT2D eigenvalue weighted by molar-refractivity contribution is 6.08. The number of rotatable bonds is 8. The number of nitrogens with one attached hydrogen (secondary N) is 2. The highest BCUT2D eigenvalue weighted by atomic mass is 16.5. The lowest BCUT2D eigenvalue weighted by Crippen LogP contribution is -2.38. The molecular weight excluding hydrogens is 314 g/mol. The first-order valence-electron chi connectivity index (χ1n) is 8.64. The van der Waals surface area contributed by atoms with Crippen LogP contribution in [0.2, 0.25) is 0 Å². The van der Waals surface area contributed by atoms with Gasteiger partial charge < -0.3 is 15.4 Å². The number of amides is 1. The van der Waals surface area contributed by atoms with E-state index in [4.69, 9.17) is 4.74 Å². The van der Waals surface area contributed by atoms with Crippen molar-refractivity contribution in [2.45, 2.75) is 26.9 Å². The molecule has 0 spiro atoms. The van der Waals surface area contributed by atoms with Crippen LogP contribution < -0.4 is 15.4 Å². The zero-order chi connectivity index (χ0) is 18.2. The lowest BCUT2D eigenvalue weighted by molar-refractivity contribution is 0.102. The van der Waals surface area contributed by atoms with Crippen LogP contribution in [0.1, 0.15) is 31.1 Å². The fourth-order valence-corrected chi connectivity index (χ4v) is 2.77. The Bertz CT molecular complexity index is 682. The van der Waals surface area contributed by atoms with Crippen LogP contribution in [-0.2, 0) is 0 Å². The van der Waals surface area contributed by atoms with Crippen LogP contribution in [-0.4, -0.2) is 37.2 Å². The molecule has 1 amide bonds. The lowest BCUT2D eigenvalue weighted by atomic mass is 10.1. The van der Waals surface area contributed by atoms with Gasteiger partial charge in [0.05, 0.1) is 18.8 Å². The topological polar surface area (TPSA) is 53.6 Å². The average Bonchev–Trinajstić information content (AvgIpc) is 2.63. The normalized spacial score (nSPS) is 11.9. The van der Waals surface area contributed by atoms with Crippen LogP contribution in [0.5, 0.6) is 5.75 Å². The van der Waals surface area contributed by atoms with Gasteiger partial charge in [-0.3, -0.25) is 9.69 Å². The number of para-hydroxylation sites is 1. The molecule has 2 aromatic carbocycles. The molecule has 0 aliphatic heterocycles. The number of methoxy groups -OCH3 is 1. The fourth-order valence-electron chi connectivity index (χ4n) is 2.77. The first-order chi connectivity index (χ1) is 12.1. The van der Waals surface area contributed by atoms with E-state index in [0.29, 0.717) is 5.56 Å². The predicted molar refractivity (Wildman–Crippen MR) is 103 cm³/mol. The Balaban J connectivity index is 2.14. The molecule has 0 saturated heterocycles. The third kappa shape index (κ3) is 4.97. The van der Waals surface area contributed by atoms with Gasteiger partial charge in [0, 0.05) is 11.4 Å². The Labute approximate surface area is 150 Å². The highest BCUT2D eigenvalue weighted by Crippen LogP contribution is 2.20. The van der Waals surface area contributed by atoms with Crippen LogP contribution in [0.25, 0.3) is 0 Å². The van der Waals surface area contributed by atoms with Crippen molar-refractivity contribution >= 4 is 17.3 Å². The van der Waals surface area contributed by atoms with Crippen LogP contribution in [0.4, 0.5) is 11.4 Å². The minimum Gasteiger partial charge on any atom is -0.497 e. The van der Waals surface area contributed by atoms with Gasteiger partial charge in [-0.15, -0.1) is 0 Å². The van der Waals surface area contributed by atoms with Crippen molar-refractivity contribution in [3.8, 4) is 5.75 Å². The molecule has 0 aromatic heterocycles. The van der Waals surface area contributed by atoms with Crippen molar-refractivity contribution in [1.29, 1.82) is 0 Å². The Hall–Kier alpha value is -2.53. The van der Waals surface area contributed by atoms with Gasteiger partial charge in [0.2, 0.25) is 0 Å². The second kappa shape index (κ2) is 9.08. The Kier molecular flexibility index (Phi) is 6.83. The van der Waals surface area contributed by atoms with Gasteiger partial charge in [-0.25, -0.2) is 0 Å². The molecule has 2 aromatic rings. The number of ether oxygens (including phenoxy) is 1. The van der Waals surface area contributed by atoms with Crippen LogP contribution in [0.15, 0.2) is 48.5 Å². The standard InChI is InChI=1S/C20H27N3O2/c1-5-23(6-2)15(3)21-19-10-8-7-9-18(19)20(24)22-16-11-13-17(25-4)14-12-16/h7-15,21H,5-6H2,1-4H3,(H,22,24). The second-order valence-corrected chi connectivity index (χ2v) is 5.77. The molecule has 1 unspecified atom stereocenters. The number of hydrogen-bond donors (Lipinski definition) is 2. The molecule has 2 N–H and O–H groups in total. The third-order valence-electron chi connectivity index (χ3n) is 4.24. The molecule has 0 fully saturated rings. The van der Waals surface area contributed by atoms with E-state index < -0.39 is 0 Å². The summed E-state index contributed by atoms with van der Waals surface area (Å²) < 4.78 is 5.14. The van der Waals surface area contributed by atoms with Crippen LogP contribution >= 0.6 is 0 Å². The third-order valence-corrected chi connectivity index (χ3v) is 4.24. The molecule has 0 radical (unpaired) electrons. The molecule has 134 valence electrons. The minimum atomic E-state index is -0.139. The molecule has 25 heavy (non-hydrogen) atoms. The van der Waals surface area contributed by atoms with Gasteiger partial charge in [-0.2, -0.15) is 0 Å². The number of benzene rings is 2. The summed E-state index contributed by atoms with van der Waals surface area (Å²) in [6, 6.07) is 14.9. The van der Waals surface area contributed by atoms with Crippen molar-refractivity contribution in [1.82, 2.24) is 4.90 Å². The van der Waals surface area contributed by atoms with Gasteiger partial charge in [0.25, 0.3) is 5.91 Å². The second-order valence-electron chi connectivity index (χ2n) is 5.77. The van der Waals surface area contributed by atoms with Gasteiger partial charge >= 0.3 is 0 Å². The SMILES string of the molecule is CCN(CC)C(C)Nc1ccccc1C(=O)Nc1ccc(OC)cc1. The summed E-state index contributed by atoms with van der Waals surface area (Å²) in [5, 5.41) is 6.37. The van der Waals surface area contributed by atoms with Gasteiger partial charge in [-0.1, -0.05) is 26.0 Å². The van der Waals surface area contributed by atoms with E-state index in [9.17, 15) is 4.79 Å². The van der Waals surface area contributed by atoms with E-state index in [2.05, 4.69) is 36.3 Å². The van der Waals surface area contributed by atoms with E-state index in [1.165, 1.54) is 0 Å². The summed E-state index contributed by atoms with van der Waals surface area (Å²) in [5.41, 5.74) is 2.18. The van der Waals surface area contributed by atoms with Crippen molar-refractivity contribution < 1.29 is 9.53 Å². The Morgan fingerprint density at radius 1 is 1.08 bits per heavy atom. The number of nitrogens with zero attached hydrogens (tertiary/aromatic N) is 1. The molecule has 0 bridgehead atoms. The minimum absolute atomic E-state index is 0.139. The summed E-state index contributed by atoms with van der Waals surface area (Å²) in [7, 11) is 1.62. The van der Waals surface area contributed by atoms with E-state index in [1.54, 1.807) is 7.11 Å². The monoisotopic (exact) mass is 341 g/mol. The number of hydrogen-bond acceptors (Lipinski definition) is 4. The molecule has 0 aliphatic carbocycles. The highest BCUT2D eigenvalue weighted by Gasteiger charge is 2.15. The molecule has 1 atom stereocenters. The molecule has 0 heterocycles. The number of anilines is 2. The fraction of sp³-hybridized carbons (Fsp3) is 0.350. The van der Waals surface area contributed by atoms with Crippen LogP contribution in [0, 0.1) is 0 Å². The quantitative estimate of drug-likeness (QED) is 0.711. The first kappa shape index (κ1) is 18.8. The van der Waals surface area contributed by atoms with E-state index >= 15 is 0 Å². The molecule has 2 rings (SSSR count). The van der Waals surface area contributed by atoms with Crippen molar-refractivity contribution in [3.63, 3.8) is 0 Å². The zero-order valence-corrected chi connectivity index (χ0v) is 15.4. The summed E-state index contributed by atoms with van der Waals surface area (Å²) >= 11 is 0. The van der Waals surface area contributed by atoms with Crippen molar-refractivity contribution in [3.05, 3.63) is 54.1 Å². The maximum Gasteiger partial charge on any atom is 0.257 e. The zero-order valence-electron chi connectivity index (χ0n) is 15.4. The summed E-state index contributed by atoms with van der Waals surface area (Å²) in [5.74, 6) is 0.619. The van der Waals surface area contributed by atoms with Gasteiger partial charge in [0.1, 0.15) is 5.75 Å². The number of carbonyl (C=O) groups is 1. The summed E-state index contributed by atoms with van der Waals surface area (Å²) in [4.78, 5) is 15.0. The molecule has 5 nitrogen and oxygen atoms in total. The maximum absolute atomic E-state index is 12.7. The maximum atomic E-state index is 12.7. The van der Waals surface area contributed by atoms with Gasteiger partial charge in [-0.05, 0) is 56.4 Å². The first-order valence-corrected chi connectivity index (χ1v) is 8.64. The van der Waals surface area contributed by atoms with Crippen molar-refractivity contribution in [2.75, 3.05) is 30.8 Å². The van der Waals surface area contributed by atoms with E-state index in [-0.39, 0.29) is 12.1 Å². The molecule has 5 heteroatoms. The Morgan fingerprint density at radius 2 is 1.72 bits per heavy atom. The number of carbonyl (C=O) groups excluding carboxylic acids is 1. The van der Waals surface area contributed by atoms with Crippen molar-refractivity contribution in [2.24, 2.45) is 0 Å². The largest absolute Gasteiger partial charge is 0.497 e. The summed E-state index contributed by atoms with van der Waals surface area (Å²) in [6.45, 7) is 8.26. The van der Waals surface area contributed by atoms with E-state index in [0.717, 1.165) is 30.2 Å². The summed E-state index contributed by atoms with van der Waals surface area (Å²) in [6.07, 6.45) is 0.143. The molecule has 0 saturated carbocycles. The lowest BCUT2D eigenvalue weighted by Gasteiger charge is -2.28. The predicted octanol–water partition coefficient (Wildman–Crippen LogP) is 4.05. The van der Waals surface area contributed by atoms with Crippen LogP contribution in [0.3, 0.4) is 0 Å². The average molecular weight is 341 g/mol.